The molecule has 0 aliphatic heterocycles. The van der Waals surface area contributed by atoms with Crippen molar-refractivity contribution in [3.05, 3.63) is 0 Å². The van der Waals surface area contributed by atoms with Gasteiger partial charge in [0.15, 0.2) is 0 Å². The van der Waals surface area contributed by atoms with Gasteiger partial charge in [0.05, 0.1) is 0 Å². The zero-order valence-electron chi connectivity index (χ0n) is 9.54. The van der Waals surface area contributed by atoms with E-state index in [4.69, 9.17) is 20.0 Å². The highest BCUT2D eigenvalue weighted by atomic mass is 17.2. The van der Waals surface area contributed by atoms with Gasteiger partial charge in [0.2, 0.25) is 0 Å². The molecule has 86 valence electrons. The van der Waals surface area contributed by atoms with Gasteiger partial charge in [0, 0.05) is 26.1 Å². The van der Waals surface area contributed by atoms with E-state index < -0.39 is 11.2 Å². The number of aliphatic hydroxyl groups excluding tert-OH is 2. The van der Waals surface area contributed by atoms with Crippen molar-refractivity contribution in [1.29, 1.82) is 0 Å². The lowest BCUT2D eigenvalue weighted by molar-refractivity contribution is -0.403. The van der Waals surface area contributed by atoms with Crippen LogP contribution in [0.15, 0.2) is 0 Å². The molecule has 14 heavy (non-hydrogen) atoms. The Bertz CT molecular complexity index is 136. The Balaban J connectivity index is 3.90. The van der Waals surface area contributed by atoms with Gasteiger partial charge in [-0.2, -0.15) is 0 Å². The van der Waals surface area contributed by atoms with Crippen molar-refractivity contribution in [2.45, 2.75) is 51.7 Å². The highest BCUT2D eigenvalue weighted by Gasteiger charge is 2.25. The van der Waals surface area contributed by atoms with Gasteiger partial charge in [0.1, 0.15) is 11.2 Å². The molecule has 0 radical (unpaired) electrons. The van der Waals surface area contributed by atoms with Gasteiger partial charge in [-0.25, -0.2) is 9.78 Å². The third-order valence-electron chi connectivity index (χ3n) is 1.92. The Morgan fingerprint density at radius 1 is 0.786 bits per heavy atom. The first-order valence-corrected chi connectivity index (χ1v) is 4.91. The maximum absolute atomic E-state index is 8.76. The molecule has 0 unspecified atom stereocenters. The van der Waals surface area contributed by atoms with Crippen LogP contribution in [0.4, 0.5) is 0 Å². The predicted molar refractivity (Wildman–Crippen MR) is 53.7 cm³/mol. The Labute approximate surface area is 85.8 Å². The summed E-state index contributed by atoms with van der Waals surface area (Å²) in [7, 11) is 0. The molecule has 0 fully saturated rings. The number of hydrogen-bond donors (Lipinski definition) is 2. The molecule has 2 N–H and O–H groups in total. The van der Waals surface area contributed by atoms with Gasteiger partial charge < -0.3 is 10.2 Å². The molecule has 0 aromatic heterocycles. The fourth-order valence-electron chi connectivity index (χ4n) is 0.847. The van der Waals surface area contributed by atoms with Gasteiger partial charge in [-0.05, 0) is 27.7 Å². The van der Waals surface area contributed by atoms with E-state index in [0.29, 0.717) is 12.8 Å². The standard InChI is InChI=1S/C10H22O4/c1-9(2,5-7-11)13-14-10(3,4)6-8-12/h11-12H,5-8H2,1-4H3. The second-order valence-electron chi connectivity index (χ2n) is 4.63. The quantitative estimate of drug-likeness (QED) is 0.486. The fourth-order valence-corrected chi connectivity index (χ4v) is 0.847. The molecule has 0 amide bonds. The molecule has 0 saturated carbocycles. The maximum Gasteiger partial charge on any atom is 0.100 e. The van der Waals surface area contributed by atoms with Crippen LogP contribution in [-0.4, -0.2) is 34.6 Å². The van der Waals surface area contributed by atoms with Crippen LogP contribution in [0.25, 0.3) is 0 Å². The second kappa shape index (κ2) is 5.66. The normalized spacial score (nSPS) is 13.3. The SMILES string of the molecule is CC(C)(CCO)OOC(C)(C)CCO. The van der Waals surface area contributed by atoms with Gasteiger partial charge >= 0.3 is 0 Å². The summed E-state index contributed by atoms with van der Waals surface area (Å²) >= 11 is 0. The summed E-state index contributed by atoms with van der Waals surface area (Å²) < 4.78 is 0. The minimum atomic E-state index is -0.499. The lowest BCUT2D eigenvalue weighted by Crippen LogP contribution is -2.33. The number of aliphatic hydroxyl groups is 2. The lowest BCUT2D eigenvalue weighted by atomic mass is 10.1. The smallest absolute Gasteiger partial charge is 0.100 e. The summed E-state index contributed by atoms with van der Waals surface area (Å²) in [6.45, 7) is 7.51. The molecular weight excluding hydrogens is 184 g/mol. The monoisotopic (exact) mass is 206 g/mol. The van der Waals surface area contributed by atoms with Crippen LogP contribution in [-0.2, 0) is 9.78 Å². The van der Waals surface area contributed by atoms with Gasteiger partial charge in [-0.1, -0.05) is 0 Å². The zero-order chi connectivity index (χ0) is 11.2. The van der Waals surface area contributed by atoms with Crippen LogP contribution in [0, 0.1) is 0 Å². The van der Waals surface area contributed by atoms with Gasteiger partial charge in [0.25, 0.3) is 0 Å². The molecular formula is C10H22O4. The van der Waals surface area contributed by atoms with Crippen LogP contribution in [0.1, 0.15) is 40.5 Å². The van der Waals surface area contributed by atoms with E-state index in [9.17, 15) is 0 Å². The van der Waals surface area contributed by atoms with Crippen molar-refractivity contribution < 1.29 is 20.0 Å². The zero-order valence-corrected chi connectivity index (χ0v) is 9.54. The minimum Gasteiger partial charge on any atom is -0.396 e. The summed E-state index contributed by atoms with van der Waals surface area (Å²) in [6.07, 6.45) is 1.03. The highest BCUT2D eigenvalue weighted by molar-refractivity contribution is 4.68. The van der Waals surface area contributed by atoms with Crippen LogP contribution in [0.3, 0.4) is 0 Å². The van der Waals surface area contributed by atoms with Crippen LogP contribution in [0.2, 0.25) is 0 Å². The Hall–Kier alpha value is -0.160. The summed E-state index contributed by atoms with van der Waals surface area (Å²) in [5, 5.41) is 17.5. The summed E-state index contributed by atoms with van der Waals surface area (Å²) in [4.78, 5) is 10.4. The van der Waals surface area contributed by atoms with E-state index in [-0.39, 0.29) is 13.2 Å². The average molecular weight is 206 g/mol. The Morgan fingerprint density at radius 3 is 1.29 bits per heavy atom. The van der Waals surface area contributed by atoms with E-state index in [0.717, 1.165) is 0 Å². The van der Waals surface area contributed by atoms with E-state index in [1.165, 1.54) is 0 Å². The van der Waals surface area contributed by atoms with Crippen LogP contribution in [0.5, 0.6) is 0 Å². The topological polar surface area (TPSA) is 58.9 Å². The second-order valence-corrected chi connectivity index (χ2v) is 4.63. The molecule has 4 nitrogen and oxygen atoms in total. The van der Waals surface area contributed by atoms with Crippen molar-refractivity contribution >= 4 is 0 Å². The van der Waals surface area contributed by atoms with Crippen LogP contribution >= 0.6 is 0 Å². The first kappa shape index (κ1) is 13.8. The summed E-state index contributed by atoms with van der Waals surface area (Å²) in [6, 6.07) is 0. The maximum atomic E-state index is 8.76. The Morgan fingerprint density at radius 2 is 1.07 bits per heavy atom. The van der Waals surface area contributed by atoms with Gasteiger partial charge in [-0.15, -0.1) is 0 Å². The third kappa shape index (κ3) is 6.32. The fraction of sp³-hybridized carbons (Fsp3) is 1.00. The van der Waals surface area contributed by atoms with Crippen molar-refractivity contribution in [2.24, 2.45) is 0 Å². The molecule has 0 saturated heterocycles. The largest absolute Gasteiger partial charge is 0.396 e. The number of rotatable bonds is 7. The van der Waals surface area contributed by atoms with Gasteiger partial charge in [-0.3, -0.25) is 0 Å². The van der Waals surface area contributed by atoms with E-state index in [2.05, 4.69) is 0 Å². The average Bonchev–Trinajstić information content (AvgIpc) is 2.01. The molecule has 0 aliphatic rings. The summed E-state index contributed by atoms with van der Waals surface area (Å²) in [5.74, 6) is 0. The van der Waals surface area contributed by atoms with Crippen molar-refractivity contribution in [3.63, 3.8) is 0 Å². The molecule has 0 aromatic carbocycles. The minimum absolute atomic E-state index is 0.0663. The summed E-state index contributed by atoms with van der Waals surface area (Å²) in [5.41, 5.74) is -0.997. The molecule has 0 atom stereocenters. The molecule has 0 spiro atoms. The third-order valence-corrected chi connectivity index (χ3v) is 1.92. The molecule has 0 aliphatic carbocycles. The van der Waals surface area contributed by atoms with Crippen molar-refractivity contribution in [2.75, 3.05) is 13.2 Å². The van der Waals surface area contributed by atoms with Crippen molar-refractivity contribution in [3.8, 4) is 0 Å². The van der Waals surface area contributed by atoms with E-state index in [1.807, 2.05) is 27.7 Å². The first-order valence-electron chi connectivity index (χ1n) is 4.91. The highest BCUT2D eigenvalue weighted by Crippen LogP contribution is 2.21. The van der Waals surface area contributed by atoms with E-state index in [1.54, 1.807) is 0 Å². The predicted octanol–water partition coefficient (Wildman–Crippen LogP) is 1.26. The molecule has 0 heterocycles. The van der Waals surface area contributed by atoms with E-state index >= 15 is 0 Å². The molecule has 4 heteroatoms. The first-order chi connectivity index (χ1) is 6.33. The molecule has 0 rings (SSSR count). The van der Waals surface area contributed by atoms with Crippen molar-refractivity contribution in [1.82, 2.24) is 0 Å². The van der Waals surface area contributed by atoms with Crippen LogP contribution < -0.4 is 0 Å². The molecule has 0 aromatic rings. The Kier molecular flexibility index (Phi) is 5.59. The molecule has 0 bridgehead atoms. The number of hydrogen-bond acceptors (Lipinski definition) is 4. The lowest BCUT2D eigenvalue weighted by Gasteiger charge is -2.29.